The molecule has 78 valence electrons. The summed E-state index contributed by atoms with van der Waals surface area (Å²) in [6.45, 7) is 2.08. The maximum absolute atomic E-state index is 11.0. The second-order valence-electron chi connectivity index (χ2n) is 2.78. The molecule has 0 spiro atoms. The van der Waals surface area contributed by atoms with Gasteiger partial charge in [0, 0.05) is 13.0 Å². The summed E-state index contributed by atoms with van der Waals surface area (Å²) in [6, 6.07) is 0. The summed E-state index contributed by atoms with van der Waals surface area (Å²) in [5, 5.41) is 0. The van der Waals surface area contributed by atoms with Gasteiger partial charge in [-0.15, -0.1) is 0 Å². The zero-order valence-electron chi connectivity index (χ0n) is 7.75. The molecule has 0 aromatic heterocycles. The van der Waals surface area contributed by atoms with Crippen LogP contribution in [0.4, 0.5) is 0 Å². The van der Waals surface area contributed by atoms with Crippen LogP contribution in [-0.2, 0) is 14.8 Å². The van der Waals surface area contributed by atoms with Gasteiger partial charge in [-0.05, 0) is 12.8 Å². The van der Waals surface area contributed by atoms with Gasteiger partial charge in [-0.25, -0.2) is 13.1 Å². The number of hydrogen-bond donors (Lipinski definition) is 2. The van der Waals surface area contributed by atoms with E-state index in [1.807, 2.05) is 0 Å². The van der Waals surface area contributed by atoms with Gasteiger partial charge in [-0.2, -0.15) is 0 Å². The Labute approximate surface area is 78.7 Å². The molecule has 0 radical (unpaired) electrons. The molecule has 6 heteroatoms. The molecular formula is C7H16N2O3S. The highest BCUT2D eigenvalue weighted by molar-refractivity contribution is 7.89. The van der Waals surface area contributed by atoms with Gasteiger partial charge in [0.25, 0.3) is 0 Å². The lowest BCUT2D eigenvalue weighted by Crippen LogP contribution is -2.27. The average Bonchev–Trinajstić information content (AvgIpc) is 1.98. The Morgan fingerprint density at radius 1 is 1.46 bits per heavy atom. The highest BCUT2D eigenvalue weighted by Gasteiger charge is 2.06. The standard InChI is InChI=1S/C7H16N2O3S/c1-2-6-13(11,12)9-5-3-4-7(8)10/h9H,2-6H2,1H3,(H2,8,10). The molecule has 5 nitrogen and oxygen atoms in total. The van der Waals surface area contributed by atoms with Crippen molar-refractivity contribution in [3.05, 3.63) is 0 Å². The van der Waals surface area contributed by atoms with Crippen LogP contribution in [0.1, 0.15) is 26.2 Å². The fourth-order valence-electron chi connectivity index (χ4n) is 0.831. The van der Waals surface area contributed by atoms with E-state index in [9.17, 15) is 13.2 Å². The summed E-state index contributed by atoms with van der Waals surface area (Å²) < 4.78 is 24.5. The summed E-state index contributed by atoms with van der Waals surface area (Å²) in [4.78, 5) is 10.3. The molecule has 0 aliphatic rings. The van der Waals surface area contributed by atoms with Crippen molar-refractivity contribution >= 4 is 15.9 Å². The predicted octanol–water partition coefficient (Wildman–Crippen LogP) is -0.419. The monoisotopic (exact) mass is 208 g/mol. The maximum Gasteiger partial charge on any atom is 0.217 e. The summed E-state index contributed by atoms with van der Waals surface area (Å²) >= 11 is 0. The number of carbonyl (C=O) groups excluding carboxylic acids is 1. The molecular weight excluding hydrogens is 192 g/mol. The van der Waals surface area contributed by atoms with E-state index in [0.717, 1.165) is 0 Å². The molecule has 0 saturated carbocycles. The first-order valence-electron chi connectivity index (χ1n) is 4.23. The van der Waals surface area contributed by atoms with Crippen molar-refractivity contribution in [1.29, 1.82) is 0 Å². The smallest absolute Gasteiger partial charge is 0.217 e. The van der Waals surface area contributed by atoms with Crippen LogP contribution >= 0.6 is 0 Å². The molecule has 0 aliphatic heterocycles. The van der Waals surface area contributed by atoms with Crippen LogP contribution in [0, 0.1) is 0 Å². The molecule has 0 aromatic rings. The fourth-order valence-corrected chi connectivity index (χ4v) is 1.97. The van der Waals surface area contributed by atoms with E-state index >= 15 is 0 Å². The van der Waals surface area contributed by atoms with Gasteiger partial charge in [0.1, 0.15) is 0 Å². The zero-order chi connectivity index (χ0) is 10.3. The zero-order valence-corrected chi connectivity index (χ0v) is 8.56. The number of hydrogen-bond acceptors (Lipinski definition) is 3. The van der Waals surface area contributed by atoms with Crippen LogP contribution in [0.2, 0.25) is 0 Å². The molecule has 0 aromatic carbocycles. The molecule has 13 heavy (non-hydrogen) atoms. The minimum absolute atomic E-state index is 0.129. The second-order valence-corrected chi connectivity index (χ2v) is 4.71. The van der Waals surface area contributed by atoms with Crippen LogP contribution in [0.5, 0.6) is 0 Å². The van der Waals surface area contributed by atoms with Crippen molar-refractivity contribution in [2.75, 3.05) is 12.3 Å². The molecule has 3 N–H and O–H groups in total. The molecule has 0 aliphatic carbocycles. The topological polar surface area (TPSA) is 89.3 Å². The van der Waals surface area contributed by atoms with Crippen LogP contribution in [0.15, 0.2) is 0 Å². The van der Waals surface area contributed by atoms with E-state index in [0.29, 0.717) is 12.8 Å². The number of sulfonamides is 1. The highest BCUT2D eigenvalue weighted by atomic mass is 32.2. The van der Waals surface area contributed by atoms with Crippen LogP contribution in [-0.4, -0.2) is 26.6 Å². The van der Waals surface area contributed by atoms with Crippen molar-refractivity contribution in [1.82, 2.24) is 4.72 Å². The Kier molecular flexibility index (Phi) is 5.65. The molecule has 0 bridgehead atoms. The number of nitrogens with two attached hydrogens (primary N) is 1. The van der Waals surface area contributed by atoms with Gasteiger partial charge in [0.15, 0.2) is 0 Å². The molecule has 0 saturated heterocycles. The summed E-state index contributed by atoms with van der Waals surface area (Å²) in [7, 11) is -3.13. The Hall–Kier alpha value is -0.620. The second kappa shape index (κ2) is 5.93. The normalized spacial score (nSPS) is 11.5. The van der Waals surface area contributed by atoms with Crippen molar-refractivity contribution in [3.8, 4) is 0 Å². The van der Waals surface area contributed by atoms with Gasteiger partial charge < -0.3 is 5.73 Å². The molecule has 0 atom stereocenters. The lowest BCUT2D eigenvalue weighted by atomic mass is 10.3. The largest absolute Gasteiger partial charge is 0.370 e. The predicted molar refractivity (Wildman–Crippen MR) is 50.5 cm³/mol. The number of rotatable bonds is 7. The van der Waals surface area contributed by atoms with Gasteiger partial charge in [0.05, 0.1) is 5.75 Å². The number of primary amides is 1. The van der Waals surface area contributed by atoms with Crippen molar-refractivity contribution in [2.24, 2.45) is 5.73 Å². The van der Waals surface area contributed by atoms with Gasteiger partial charge >= 0.3 is 0 Å². The van der Waals surface area contributed by atoms with Crippen LogP contribution < -0.4 is 10.5 Å². The van der Waals surface area contributed by atoms with E-state index in [4.69, 9.17) is 5.73 Å². The first-order chi connectivity index (χ1) is 5.98. The van der Waals surface area contributed by atoms with Crippen LogP contribution in [0.25, 0.3) is 0 Å². The minimum Gasteiger partial charge on any atom is -0.370 e. The lowest BCUT2D eigenvalue weighted by Gasteiger charge is -2.03. The average molecular weight is 208 g/mol. The maximum atomic E-state index is 11.0. The first-order valence-corrected chi connectivity index (χ1v) is 5.89. The molecule has 0 rings (SSSR count). The van der Waals surface area contributed by atoms with Crippen LogP contribution in [0.3, 0.4) is 0 Å². The third-order valence-corrected chi connectivity index (χ3v) is 2.98. The lowest BCUT2D eigenvalue weighted by molar-refractivity contribution is -0.118. The van der Waals surface area contributed by atoms with Crippen molar-refractivity contribution in [3.63, 3.8) is 0 Å². The van der Waals surface area contributed by atoms with E-state index < -0.39 is 15.9 Å². The highest BCUT2D eigenvalue weighted by Crippen LogP contribution is 1.90. The third kappa shape index (κ3) is 7.73. The summed E-state index contributed by atoms with van der Waals surface area (Å²) in [5.41, 5.74) is 4.88. The van der Waals surface area contributed by atoms with E-state index in [1.165, 1.54) is 0 Å². The Morgan fingerprint density at radius 3 is 2.54 bits per heavy atom. The molecule has 0 fully saturated rings. The molecule has 0 unspecified atom stereocenters. The van der Waals surface area contributed by atoms with E-state index in [1.54, 1.807) is 6.92 Å². The van der Waals surface area contributed by atoms with E-state index in [2.05, 4.69) is 4.72 Å². The van der Waals surface area contributed by atoms with Gasteiger partial charge in [-0.1, -0.05) is 6.92 Å². The third-order valence-electron chi connectivity index (χ3n) is 1.39. The Bertz CT molecular complexity index is 248. The quantitative estimate of drug-likeness (QED) is 0.557. The van der Waals surface area contributed by atoms with E-state index in [-0.39, 0.29) is 18.7 Å². The minimum atomic E-state index is -3.13. The molecule has 1 amide bonds. The van der Waals surface area contributed by atoms with Gasteiger partial charge in [-0.3, -0.25) is 4.79 Å². The van der Waals surface area contributed by atoms with Crippen molar-refractivity contribution < 1.29 is 13.2 Å². The SMILES string of the molecule is CCCS(=O)(=O)NCCCC(N)=O. The number of nitrogens with one attached hydrogen (secondary N) is 1. The number of amides is 1. The first kappa shape index (κ1) is 12.4. The Balaban J connectivity index is 3.58. The fraction of sp³-hybridized carbons (Fsp3) is 0.857. The van der Waals surface area contributed by atoms with Gasteiger partial charge in [0.2, 0.25) is 15.9 Å². The Morgan fingerprint density at radius 2 is 2.08 bits per heavy atom. The summed E-state index contributed by atoms with van der Waals surface area (Å²) in [5.74, 6) is -0.279. The van der Waals surface area contributed by atoms with Crippen molar-refractivity contribution in [2.45, 2.75) is 26.2 Å². The molecule has 0 heterocycles. The summed E-state index contributed by atoms with van der Waals surface area (Å²) in [6.07, 6.45) is 1.26. The number of carbonyl (C=O) groups is 1.